The highest BCUT2D eigenvalue weighted by molar-refractivity contribution is 14.0. The number of rotatable bonds is 6. The second-order valence-corrected chi connectivity index (χ2v) is 7.70. The number of hydrogen-bond acceptors (Lipinski definition) is 4. The van der Waals surface area contributed by atoms with Crippen LogP contribution in [0.2, 0.25) is 0 Å². The summed E-state index contributed by atoms with van der Waals surface area (Å²) < 4.78 is 5.48. The molecule has 1 saturated heterocycles. The van der Waals surface area contributed by atoms with Gasteiger partial charge in [-0.25, -0.2) is 4.79 Å². The van der Waals surface area contributed by atoms with Gasteiger partial charge < -0.3 is 24.8 Å². The van der Waals surface area contributed by atoms with Crippen LogP contribution in [0.25, 0.3) is 0 Å². The molecule has 0 saturated carbocycles. The largest absolute Gasteiger partial charge is 0.444 e. The van der Waals surface area contributed by atoms with Crippen LogP contribution in [0.5, 0.6) is 0 Å². The Morgan fingerprint density at radius 2 is 1.64 bits per heavy atom. The molecule has 2 amide bonds. The number of guanidine groups is 1. The third-order valence-corrected chi connectivity index (χ3v) is 4.14. The van der Waals surface area contributed by atoms with Crippen LogP contribution < -0.4 is 5.32 Å². The first kappa shape index (κ1) is 26.7. The number of aliphatic imine (C=N–C) groups is 1. The van der Waals surface area contributed by atoms with E-state index in [1.54, 1.807) is 11.8 Å². The van der Waals surface area contributed by atoms with Gasteiger partial charge >= 0.3 is 6.09 Å². The molecule has 1 fully saturated rings. The minimum atomic E-state index is -0.502. The quantitative estimate of drug-likeness (QED) is 0.337. The predicted octanol–water partition coefficient (Wildman–Crippen LogP) is 2.38. The molecular formula is C19H38IN5O3. The van der Waals surface area contributed by atoms with E-state index in [-0.39, 0.29) is 36.0 Å². The van der Waals surface area contributed by atoms with Gasteiger partial charge in [-0.15, -0.1) is 24.0 Å². The zero-order valence-electron chi connectivity index (χ0n) is 18.3. The van der Waals surface area contributed by atoms with E-state index in [2.05, 4.69) is 15.2 Å². The summed E-state index contributed by atoms with van der Waals surface area (Å²) in [5.74, 6) is 0.950. The van der Waals surface area contributed by atoms with Gasteiger partial charge in [0.15, 0.2) is 5.96 Å². The van der Waals surface area contributed by atoms with Crippen molar-refractivity contribution < 1.29 is 14.3 Å². The van der Waals surface area contributed by atoms with E-state index >= 15 is 0 Å². The van der Waals surface area contributed by atoms with Gasteiger partial charge in [-0.05, 0) is 34.1 Å². The highest BCUT2D eigenvalue weighted by atomic mass is 127. The molecule has 0 radical (unpaired) electrons. The number of carbonyl (C=O) groups excluding carboxylic acids is 2. The van der Waals surface area contributed by atoms with Gasteiger partial charge in [0, 0.05) is 52.7 Å². The highest BCUT2D eigenvalue weighted by Crippen LogP contribution is 2.10. The average Bonchev–Trinajstić information content (AvgIpc) is 2.58. The maximum absolute atomic E-state index is 12.3. The lowest BCUT2D eigenvalue weighted by molar-refractivity contribution is -0.130. The second-order valence-electron chi connectivity index (χ2n) is 7.70. The molecule has 1 rings (SSSR count). The Balaban J connectivity index is 0.00000729. The monoisotopic (exact) mass is 511 g/mol. The first-order chi connectivity index (χ1) is 12.7. The molecule has 0 spiro atoms. The fraction of sp³-hybridized carbons (Fsp3) is 0.842. The Bertz CT molecular complexity index is 514. The number of piperazine rings is 1. The van der Waals surface area contributed by atoms with Gasteiger partial charge in [-0.2, -0.15) is 0 Å². The van der Waals surface area contributed by atoms with E-state index in [4.69, 9.17) is 4.74 Å². The topological polar surface area (TPSA) is 77.5 Å². The Labute approximate surface area is 187 Å². The molecule has 1 N–H and O–H groups in total. The lowest BCUT2D eigenvalue weighted by atomic mass is 10.2. The standard InChI is InChI=1S/C19H37N5O3.HI/c1-7-10-24(18(26)27-19(4,5)6)11-9-21-17(20-8-2)23-14-12-22(13-15-23)16(3)25;/h7-15H2,1-6H3,(H,20,21);1H. The van der Waals surface area contributed by atoms with Crippen molar-refractivity contribution in [1.82, 2.24) is 20.0 Å². The van der Waals surface area contributed by atoms with Crippen LogP contribution in [0.4, 0.5) is 4.79 Å². The summed E-state index contributed by atoms with van der Waals surface area (Å²) in [6, 6.07) is 0. The van der Waals surface area contributed by atoms with Gasteiger partial charge in [-0.1, -0.05) is 6.92 Å². The minimum Gasteiger partial charge on any atom is -0.444 e. The van der Waals surface area contributed by atoms with Crippen LogP contribution >= 0.6 is 24.0 Å². The third kappa shape index (κ3) is 9.79. The number of hydrogen-bond donors (Lipinski definition) is 1. The van der Waals surface area contributed by atoms with Crippen molar-refractivity contribution in [2.45, 2.75) is 53.6 Å². The number of nitrogens with zero attached hydrogens (tertiary/aromatic N) is 4. The molecule has 28 heavy (non-hydrogen) atoms. The number of ether oxygens (including phenoxy) is 1. The first-order valence-electron chi connectivity index (χ1n) is 9.94. The minimum absolute atomic E-state index is 0. The summed E-state index contributed by atoms with van der Waals surface area (Å²) in [5.41, 5.74) is -0.502. The molecule has 8 nitrogen and oxygen atoms in total. The van der Waals surface area contributed by atoms with Crippen LogP contribution in [0.15, 0.2) is 4.99 Å². The van der Waals surface area contributed by atoms with Crippen LogP contribution in [0.1, 0.15) is 48.0 Å². The van der Waals surface area contributed by atoms with E-state index < -0.39 is 5.60 Å². The number of halogens is 1. The molecule has 1 aliphatic rings. The van der Waals surface area contributed by atoms with E-state index in [9.17, 15) is 9.59 Å². The maximum atomic E-state index is 12.3. The fourth-order valence-corrected chi connectivity index (χ4v) is 2.83. The molecular weight excluding hydrogens is 473 g/mol. The summed E-state index contributed by atoms with van der Waals surface area (Å²) in [6.07, 6.45) is 0.579. The van der Waals surface area contributed by atoms with Crippen LogP contribution in [0, 0.1) is 0 Å². The van der Waals surface area contributed by atoms with E-state index in [0.29, 0.717) is 32.7 Å². The Morgan fingerprint density at radius 1 is 1.07 bits per heavy atom. The van der Waals surface area contributed by atoms with Crippen LogP contribution in [-0.2, 0) is 9.53 Å². The molecule has 0 aliphatic carbocycles. The predicted molar refractivity (Wildman–Crippen MR) is 123 cm³/mol. The van der Waals surface area contributed by atoms with Crippen molar-refractivity contribution in [2.24, 2.45) is 4.99 Å². The fourth-order valence-electron chi connectivity index (χ4n) is 2.83. The summed E-state index contributed by atoms with van der Waals surface area (Å²) >= 11 is 0. The molecule has 0 atom stereocenters. The van der Waals surface area contributed by atoms with Crippen molar-refractivity contribution >= 4 is 41.9 Å². The number of nitrogens with one attached hydrogen (secondary N) is 1. The van der Waals surface area contributed by atoms with E-state index in [1.807, 2.05) is 39.5 Å². The summed E-state index contributed by atoms with van der Waals surface area (Å²) in [4.78, 5) is 34.2. The van der Waals surface area contributed by atoms with Crippen molar-refractivity contribution in [3.63, 3.8) is 0 Å². The number of amides is 2. The average molecular weight is 511 g/mol. The molecule has 0 aromatic carbocycles. The smallest absolute Gasteiger partial charge is 0.410 e. The summed E-state index contributed by atoms with van der Waals surface area (Å²) in [6.45, 7) is 16.7. The number of carbonyl (C=O) groups is 2. The summed E-state index contributed by atoms with van der Waals surface area (Å²) in [5, 5.41) is 3.31. The third-order valence-electron chi connectivity index (χ3n) is 4.14. The first-order valence-corrected chi connectivity index (χ1v) is 9.94. The summed E-state index contributed by atoms with van der Waals surface area (Å²) in [7, 11) is 0. The van der Waals surface area contributed by atoms with Crippen molar-refractivity contribution in [3.05, 3.63) is 0 Å². The lowest BCUT2D eigenvalue weighted by Gasteiger charge is -2.36. The van der Waals surface area contributed by atoms with E-state index in [0.717, 1.165) is 32.0 Å². The van der Waals surface area contributed by atoms with Crippen molar-refractivity contribution in [1.29, 1.82) is 0 Å². The SMILES string of the molecule is CCCN(CCN=C(NCC)N1CCN(C(C)=O)CC1)C(=O)OC(C)(C)C.I. The molecule has 0 aromatic heterocycles. The second kappa shape index (κ2) is 13.1. The molecule has 0 bridgehead atoms. The van der Waals surface area contributed by atoms with Gasteiger partial charge in [0.25, 0.3) is 0 Å². The Morgan fingerprint density at radius 3 is 2.11 bits per heavy atom. The molecule has 1 heterocycles. The molecule has 164 valence electrons. The normalized spacial score (nSPS) is 15.0. The highest BCUT2D eigenvalue weighted by Gasteiger charge is 2.23. The zero-order chi connectivity index (χ0) is 20.4. The van der Waals surface area contributed by atoms with Gasteiger partial charge in [-0.3, -0.25) is 9.79 Å². The molecule has 1 aliphatic heterocycles. The lowest BCUT2D eigenvalue weighted by Crippen LogP contribution is -2.53. The van der Waals surface area contributed by atoms with Gasteiger partial charge in [0.05, 0.1) is 6.54 Å². The van der Waals surface area contributed by atoms with Crippen LogP contribution in [-0.4, -0.2) is 90.6 Å². The maximum Gasteiger partial charge on any atom is 0.410 e. The van der Waals surface area contributed by atoms with Gasteiger partial charge in [0.2, 0.25) is 5.91 Å². The van der Waals surface area contributed by atoms with Crippen molar-refractivity contribution in [2.75, 3.05) is 52.4 Å². The van der Waals surface area contributed by atoms with E-state index in [1.165, 1.54) is 0 Å². The van der Waals surface area contributed by atoms with Crippen molar-refractivity contribution in [3.8, 4) is 0 Å². The zero-order valence-corrected chi connectivity index (χ0v) is 20.6. The molecule has 0 aromatic rings. The Kier molecular flexibility index (Phi) is 12.5. The molecule has 0 unspecified atom stereocenters. The molecule has 9 heteroatoms. The Hall–Kier alpha value is -1.26. The van der Waals surface area contributed by atoms with Crippen LogP contribution in [0.3, 0.4) is 0 Å². The van der Waals surface area contributed by atoms with Gasteiger partial charge in [0.1, 0.15) is 5.60 Å².